The third-order valence-corrected chi connectivity index (χ3v) is 4.19. The largest absolute Gasteiger partial charge is 0.484 e. The van der Waals surface area contributed by atoms with E-state index in [1.165, 1.54) is 12.3 Å². The van der Waals surface area contributed by atoms with Crippen LogP contribution in [0.1, 0.15) is 22.5 Å². The molecule has 0 aromatic carbocycles. The molecule has 1 amide bonds. The first-order chi connectivity index (χ1) is 12.0. The van der Waals surface area contributed by atoms with Crippen molar-refractivity contribution >= 4 is 17.5 Å². The quantitative estimate of drug-likeness (QED) is 0.862. The molecule has 0 radical (unpaired) electrons. The number of hydrogen-bond acceptors (Lipinski definition) is 5. The number of aromatic nitrogens is 2. The summed E-state index contributed by atoms with van der Waals surface area (Å²) < 4.78 is 11.4. The Hall–Kier alpha value is -2.38. The van der Waals surface area contributed by atoms with Crippen LogP contribution in [0.15, 0.2) is 35.4 Å². The maximum atomic E-state index is 12.4. The molecule has 1 saturated heterocycles. The highest BCUT2D eigenvalue weighted by atomic mass is 35.5. The summed E-state index contributed by atoms with van der Waals surface area (Å²) >= 11 is 5.77. The maximum absolute atomic E-state index is 12.4. The Morgan fingerprint density at radius 1 is 1.48 bits per heavy atom. The molecule has 7 nitrogen and oxygen atoms in total. The minimum Gasteiger partial charge on any atom is -0.484 e. The molecule has 0 spiro atoms. The van der Waals surface area contributed by atoms with Gasteiger partial charge in [0.05, 0.1) is 24.4 Å². The van der Waals surface area contributed by atoms with Crippen LogP contribution in [-0.2, 0) is 4.74 Å². The minimum absolute atomic E-state index is 0.0295. The number of aryl methyl sites for hydroxylation is 1. The molecule has 0 saturated carbocycles. The van der Waals surface area contributed by atoms with Gasteiger partial charge in [-0.15, -0.1) is 0 Å². The van der Waals surface area contributed by atoms with Gasteiger partial charge in [-0.25, -0.2) is 0 Å². The van der Waals surface area contributed by atoms with Gasteiger partial charge in [0, 0.05) is 18.5 Å². The second-order valence-electron chi connectivity index (χ2n) is 5.80. The van der Waals surface area contributed by atoms with Crippen LogP contribution in [-0.4, -0.2) is 41.2 Å². The molecule has 3 heterocycles. The third-order valence-electron chi connectivity index (χ3n) is 3.91. The molecule has 2 atom stereocenters. The highest BCUT2D eigenvalue weighted by Gasteiger charge is 2.29. The molecule has 3 rings (SSSR count). The van der Waals surface area contributed by atoms with E-state index in [0.717, 1.165) is 5.69 Å². The number of carbonyl (C=O) groups is 1. The van der Waals surface area contributed by atoms with Crippen molar-refractivity contribution in [2.45, 2.75) is 25.5 Å². The first-order valence-corrected chi connectivity index (χ1v) is 8.27. The van der Waals surface area contributed by atoms with E-state index in [9.17, 15) is 9.59 Å². The third kappa shape index (κ3) is 4.37. The molecule has 25 heavy (non-hydrogen) atoms. The van der Waals surface area contributed by atoms with Crippen LogP contribution in [0, 0.1) is 6.92 Å². The number of nitrogens with zero attached hydrogens (tertiary/aromatic N) is 1. The van der Waals surface area contributed by atoms with Crippen molar-refractivity contribution in [2.75, 3.05) is 13.2 Å². The van der Waals surface area contributed by atoms with Gasteiger partial charge in [0.1, 0.15) is 16.9 Å². The zero-order valence-corrected chi connectivity index (χ0v) is 14.4. The van der Waals surface area contributed by atoms with E-state index in [2.05, 4.69) is 15.3 Å². The first-order valence-electron chi connectivity index (χ1n) is 7.89. The van der Waals surface area contributed by atoms with Crippen LogP contribution in [0.5, 0.6) is 5.75 Å². The summed E-state index contributed by atoms with van der Waals surface area (Å²) in [4.78, 5) is 30.3. The number of rotatable bonds is 4. The second-order valence-corrected chi connectivity index (χ2v) is 6.21. The first kappa shape index (κ1) is 17.4. The number of halogens is 1. The van der Waals surface area contributed by atoms with Crippen molar-refractivity contribution in [1.82, 2.24) is 15.3 Å². The van der Waals surface area contributed by atoms with Gasteiger partial charge < -0.3 is 19.8 Å². The smallest absolute Gasteiger partial charge is 0.266 e. The lowest BCUT2D eigenvalue weighted by molar-refractivity contribution is -0.0136. The number of hydrogen-bond donors (Lipinski definition) is 2. The van der Waals surface area contributed by atoms with Crippen molar-refractivity contribution in [3.05, 3.63) is 57.2 Å². The highest BCUT2D eigenvalue weighted by molar-refractivity contribution is 6.30. The normalized spacial score (nSPS) is 20.1. The zero-order valence-electron chi connectivity index (χ0n) is 13.6. The summed E-state index contributed by atoms with van der Waals surface area (Å²) in [6.45, 7) is 2.79. The molecule has 2 aromatic heterocycles. The molecule has 2 N–H and O–H groups in total. The standard InChI is InChI=1S/C17H18ClN3O4/c1-10-2-3-12(8-19-10)25-15-9-24-5-4-14(15)21-16(22)11-6-13(18)17(23)20-7-11/h2-3,6-8,14-15H,4-5,9H2,1H3,(H,20,23)(H,21,22)/t14-,15+/m0/s1. The fourth-order valence-corrected chi connectivity index (χ4v) is 2.70. The van der Waals surface area contributed by atoms with Crippen molar-refractivity contribution in [3.8, 4) is 5.75 Å². The van der Waals surface area contributed by atoms with Crippen LogP contribution in [0.4, 0.5) is 0 Å². The molecule has 8 heteroatoms. The van der Waals surface area contributed by atoms with Gasteiger partial charge in [0.25, 0.3) is 11.5 Å². The number of carbonyl (C=O) groups excluding carboxylic acids is 1. The number of H-pyrrole nitrogens is 1. The van der Waals surface area contributed by atoms with Crippen LogP contribution in [0.25, 0.3) is 0 Å². The number of nitrogens with one attached hydrogen (secondary N) is 2. The minimum atomic E-state index is -0.433. The average Bonchev–Trinajstić information content (AvgIpc) is 2.61. The van der Waals surface area contributed by atoms with Gasteiger partial charge >= 0.3 is 0 Å². The van der Waals surface area contributed by atoms with E-state index in [1.54, 1.807) is 6.20 Å². The van der Waals surface area contributed by atoms with Crippen LogP contribution in [0.2, 0.25) is 5.02 Å². The average molecular weight is 364 g/mol. The van der Waals surface area contributed by atoms with E-state index >= 15 is 0 Å². The van der Waals surface area contributed by atoms with Crippen molar-refractivity contribution < 1.29 is 14.3 Å². The van der Waals surface area contributed by atoms with Gasteiger partial charge in [0.2, 0.25) is 0 Å². The monoisotopic (exact) mass is 363 g/mol. The van der Waals surface area contributed by atoms with Crippen LogP contribution >= 0.6 is 11.6 Å². The summed E-state index contributed by atoms with van der Waals surface area (Å²) in [5, 5.41) is 2.89. The van der Waals surface area contributed by atoms with E-state index in [-0.39, 0.29) is 28.6 Å². The molecule has 1 aliphatic heterocycles. The van der Waals surface area contributed by atoms with E-state index < -0.39 is 5.56 Å². The summed E-state index contributed by atoms with van der Waals surface area (Å²) in [6.07, 6.45) is 3.26. The Labute approximate surface area is 149 Å². The van der Waals surface area contributed by atoms with Crippen molar-refractivity contribution in [3.63, 3.8) is 0 Å². The van der Waals surface area contributed by atoms with E-state index in [0.29, 0.717) is 25.4 Å². The molecule has 2 aromatic rings. The Bertz CT molecular complexity index is 806. The molecule has 0 unspecified atom stereocenters. The lowest BCUT2D eigenvalue weighted by atomic mass is 10.1. The zero-order chi connectivity index (χ0) is 17.8. The Balaban J connectivity index is 1.69. The second kappa shape index (κ2) is 7.67. The Morgan fingerprint density at radius 3 is 3.04 bits per heavy atom. The topological polar surface area (TPSA) is 93.3 Å². The fourth-order valence-electron chi connectivity index (χ4n) is 2.53. The number of ether oxygens (including phenoxy) is 2. The van der Waals surface area contributed by atoms with Gasteiger partial charge in [-0.1, -0.05) is 11.6 Å². The van der Waals surface area contributed by atoms with Gasteiger partial charge in [-0.05, 0) is 31.5 Å². The van der Waals surface area contributed by atoms with Crippen LogP contribution < -0.4 is 15.6 Å². The molecule has 0 bridgehead atoms. The summed E-state index contributed by atoms with van der Waals surface area (Å²) in [5.41, 5.74) is 0.747. The van der Waals surface area contributed by atoms with Crippen LogP contribution in [0.3, 0.4) is 0 Å². The summed E-state index contributed by atoms with van der Waals surface area (Å²) in [7, 11) is 0. The van der Waals surface area contributed by atoms with Crippen molar-refractivity contribution in [2.24, 2.45) is 0 Å². The predicted molar refractivity (Wildman–Crippen MR) is 92.2 cm³/mol. The van der Waals surface area contributed by atoms with Gasteiger partial charge in [0.15, 0.2) is 0 Å². The fraction of sp³-hybridized carbons (Fsp3) is 0.353. The van der Waals surface area contributed by atoms with E-state index in [1.807, 2.05) is 19.1 Å². The predicted octanol–water partition coefficient (Wildman–Crippen LogP) is 1.70. The highest BCUT2D eigenvalue weighted by Crippen LogP contribution is 2.18. The molecule has 132 valence electrons. The van der Waals surface area contributed by atoms with E-state index in [4.69, 9.17) is 21.1 Å². The lowest BCUT2D eigenvalue weighted by Crippen LogP contribution is -2.51. The molecular formula is C17H18ClN3O4. The Kier molecular flexibility index (Phi) is 5.35. The maximum Gasteiger partial charge on any atom is 0.266 e. The molecular weight excluding hydrogens is 346 g/mol. The molecule has 0 aliphatic carbocycles. The number of amides is 1. The summed E-state index contributed by atoms with van der Waals surface area (Å²) in [5.74, 6) is 0.285. The van der Waals surface area contributed by atoms with Gasteiger partial charge in [-0.3, -0.25) is 14.6 Å². The van der Waals surface area contributed by atoms with Crippen molar-refractivity contribution in [1.29, 1.82) is 0 Å². The number of aromatic amines is 1. The molecule has 1 aliphatic rings. The van der Waals surface area contributed by atoms with Gasteiger partial charge in [-0.2, -0.15) is 0 Å². The lowest BCUT2D eigenvalue weighted by Gasteiger charge is -2.32. The Morgan fingerprint density at radius 2 is 2.32 bits per heavy atom. The molecule has 1 fully saturated rings. The number of pyridine rings is 2. The SMILES string of the molecule is Cc1ccc(O[C@@H]2COCC[C@@H]2NC(=O)c2c[nH]c(=O)c(Cl)c2)cn1. The summed E-state index contributed by atoms with van der Waals surface area (Å²) in [6, 6.07) is 4.80.